The fourth-order valence-corrected chi connectivity index (χ4v) is 3.37. The van der Waals surface area contributed by atoms with Gasteiger partial charge in [0.1, 0.15) is 0 Å². The van der Waals surface area contributed by atoms with Gasteiger partial charge < -0.3 is 15.0 Å². The Balaban J connectivity index is 2.10. The molecule has 2 amide bonds. The number of fused-ring (bicyclic) bond motifs is 1. The van der Waals surface area contributed by atoms with Gasteiger partial charge in [0, 0.05) is 22.8 Å². The monoisotopic (exact) mass is 376 g/mol. The van der Waals surface area contributed by atoms with Gasteiger partial charge in [-0.2, -0.15) is 13.2 Å². The number of hydrogen-bond donors (Lipinski definition) is 1. The minimum Gasteiger partial charge on any atom is -0.359 e. The van der Waals surface area contributed by atoms with Crippen LogP contribution in [0, 0.1) is 5.92 Å². The molecule has 1 aliphatic carbocycles. The maximum atomic E-state index is 14.3. The number of rotatable bonds is 4. The van der Waals surface area contributed by atoms with Crippen molar-refractivity contribution in [2.24, 2.45) is 5.92 Å². The third-order valence-electron chi connectivity index (χ3n) is 4.99. The Bertz CT molecular complexity index is 664. The highest BCUT2D eigenvalue weighted by Crippen LogP contribution is 2.48. The minimum atomic E-state index is -4.70. The maximum Gasteiger partial charge on any atom is 0.423 e. The number of halogens is 4. The first-order chi connectivity index (χ1) is 11.8. The third kappa shape index (κ3) is 3.31. The van der Waals surface area contributed by atoms with Crippen molar-refractivity contribution >= 4 is 23.3 Å². The van der Waals surface area contributed by atoms with Crippen molar-refractivity contribution in [2.75, 3.05) is 25.0 Å². The molecular weight excluding hydrogens is 357 g/mol. The molecule has 25 heavy (non-hydrogen) atoms. The molecule has 2 aliphatic rings. The van der Waals surface area contributed by atoms with E-state index in [2.05, 4.69) is 5.32 Å². The lowest BCUT2D eigenvalue weighted by Gasteiger charge is -2.40. The summed E-state index contributed by atoms with van der Waals surface area (Å²) in [5.74, 6) is 0.129. The van der Waals surface area contributed by atoms with Crippen molar-refractivity contribution in [1.29, 1.82) is 0 Å². The smallest absolute Gasteiger partial charge is 0.359 e. The van der Waals surface area contributed by atoms with E-state index in [0.717, 1.165) is 24.2 Å². The van der Waals surface area contributed by atoms with Crippen LogP contribution in [0.25, 0.3) is 0 Å². The van der Waals surface area contributed by atoms with Gasteiger partial charge >= 0.3 is 12.2 Å². The highest BCUT2D eigenvalue weighted by Gasteiger charge is 2.60. The van der Waals surface area contributed by atoms with Crippen LogP contribution >= 0.6 is 11.6 Å². The predicted octanol–water partition coefficient (Wildman–Crippen LogP) is 4.78. The lowest BCUT2D eigenvalue weighted by atomic mass is 9.85. The second kappa shape index (κ2) is 6.68. The first-order valence-corrected chi connectivity index (χ1v) is 8.71. The van der Waals surface area contributed by atoms with Crippen molar-refractivity contribution in [3.05, 3.63) is 28.8 Å². The standard InChI is InChI=1S/C17H20ClF3N2O2/c1-2-23-10-16(17(19,20)21,25-9-11-4-3-5-11)13-8-12(18)6-7-14(13)22-15(23)24/h6-8,11H,2-5,9-10H2,1H3,(H,22,24). The van der Waals surface area contributed by atoms with Gasteiger partial charge in [-0.25, -0.2) is 4.79 Å². The molecule has 1 fully saturated rings. The number of amides is 2. The van der Waals surface area contributed by atoms with Crippen molar-refractivity contribution < 1.29 is 22.7 Å². The van der Waals surface area contributed by atoms with Gasteiger partial charge in [0.15, 0.2) is 0 Å². The van der Waals surface area contributed by atoms with Gasteiger partial charge in [-0.3, -0.25) is 0 Å². The zero-order chi connectivity index (χ0) is 18.2. The third-order valence-corrected chi connectivity index (χ3v) is 5.22. The molecule has 1 atom stereocenters. The van der Waals surface area contributed by atoms with Gasteiger partial charge in [0.05, 0.1) is 13.2 Å². The fraction of sp³-hybridized carbons (Fsp3) is 0.588. The molecular formula is C17H20ClF3N2O2. The van der Waals surface area contributed by atoms with Gasteiger partial charge in [0.25, 0.3) is 0 Å². The molecule has 0 bridgehead atoms. The van der Waals surface area contributed by atoms with Crippen LogP contribution in [-0.2, 0) is 10.3 Å². The Morgan fingerprint density at radius 3 is 2.68 bits per heavy atom. The van der Waals surface area contributed by atoms with E-state index < -0.39 is 24.4 Å². The lowest BCUT2D eigenvalue weighted by molar-refractivity contribution is -0.291. The molecule has 1 aliphatic heterocycles. The molecule has 4 nitrogen and oxygen atoms in total. The largest absolute Gasteiger partial charge is 0.423 e. The number of anilines is 1. The molecule has 3 rings (SSSR count). The number of hydrogen-bond acceptors (Lipinski definition) is 2. The number of carbonyl (C=O) groups is 1. The summed E-state index contributed by atoms with van der Waals surface area (Å²) in [5, 5.41) is 2.71. The van der Waals surface area contributed by atoms with E-state index in [4.69, 9.17) is 16.3 Å². The number of nitrogens with one attached hydrogen (secondary N) is 1. The van der Waals surface area contributed by atoms with Crippen molar-refractivity contribution in [3.8, 4) is 0 Å². The lowest BCUT2D eigenvalue weighted by Crippen LogP contribution is -2.53. The zero-order valence-corrected chi connectivity index (χ0v) is 14.6. The normalized spacial score (nSPS) is 24.4. The second-order valence-electron chi connectivity index (χ2n) is 6.57. The molecule has 0 saturated heterocycles. The summed E-state index contributed by atoms with van der Waals surface area (Å²) in [6.45, 7) is 1.18. The Morgan fingerprint density at radius 2 is 2.12 bits per heavy atom. The van der Waals surface area contributed by atoms with E-state index >= 15 is 0 Å². The van der Waals surface area contributed by atoms with Crippen LogP contribution < -0.4 is 5.32 Å². The fourth-order valence-electron chi connectivity index (χ4n) is 3.20. The van der Waals surface area contributed by atoms with Crippen LogP contribution in [0.5, 0.6) is 0 Å². The first-order valence-electron chi connectivity index (χ1n) is 8.33. The number of urea groups is 1. The molecule has 1 aromatic rings. The summed E-state index contributed by atoms with van der Waals surface area (Å²) in [5.41, 5.74) is -2.66. The van der Waals surface area contributed by atoms with Gasteiger partial charge in [0.2, 0.25) is 5.60 Å². The Labute approximate surface area is 149 Å². The summed E-state index contributed by atoms with van der Waals surface area (Å²) in [4.78, 5) is 13.4. The highest BCUT2D eigenvalue weighted by molar-refractivity contribution is 6.30. The van der Waals surface area contributed by atoms with E-state index in [1.165, 1.54) is 18.2 Å². The summed E-state index contributed by atoms with van der Waals surface area (Å²) >= 11 is 5.97. The number of alkyl halides is 3. The summed E-state index contributed by atoms with van der Waals surface area (Å²) in [6.07, 6.45) is -1.96. The second-order valence-corrected chi connectivity index (χ2v) is 7.00. The first kappa shape index (κ1) is 18.3. The van der Waals surface area contributed by atoms with E-state index in [-0.39, 0.29) is 35.3 Å². The van der Waals surface area contributed by atoms with Crippen molar-refractivity contribution in [1.82, 2.24) is 4.90 Å². The Kier molecular flexibility index (Phi) is 4.90. The van der Waals surface area contributed by atoms with E-state index in [1.54, 1.807) is 6.92 Å². The highest BCUT2D eigenvalue weighted by atomic mass is 35.5. The molecule has 1 N–H and O–H groups in total. The molecule has 1 aromatic carbocycles. The van der Waals surface area contributed by atoms with E-state index in [9.17, 15) is 18.0 Å². The number of likely N-dealkylation sites (N-methyl/N-ethyl adjacent to an activating group) is 1. The van der Waals surface area contributed by atoms with Gasteiger partial charge in [-0.15, -0.1) is 0 Å². The molecule has 1 saturated carbocycles. The number of benzene rings is 1. The van der Waals surface area contributed by atoms with E-state index in [1.807, 2.05) is 0 Å². The van der Waals surface area contributed by atoms with Crippen LogP contribution in [-0.4, -0.2) is 36.8 Å². The number of ether oxygens (including phenoxy) is 1. The average molecular weight is 377 g/mol. The predicted molar refractivity (Wildman–Crippen MR) is 88.7 cm³/mol. The molecule has 1 unspecified atom stereocenters. The van der Waals surface area contributed by atoms with Gasteiger partial charge in [-0.1, -0.05) is 18.0 Å². The van der Waals surface area contributed by atoms with Crippen LogP contribution in [0.15, 0.2) is 18.2 Å². The topological polar surface area (TPSA) is 41.6 Å². The van der Waals surface area contributed by atoms with Crippen LogP contribution in [0.1, 0.15) is 31.7 Å². The minimum absolute atomic E-state index is 0.0111. The average Bonchev–Trinajstić information content (AvgIpc) is 2.60. The van der Waals surface area contributed by atoms with Crippen molar-refractivity contribution in [2.45, 2.75) is 38.0 Å². The number of carbonyl (C=O) groups excluding carboxylic acids is 1. The summed E-state index contributed by atoms with van der Waals surface area (Å²) in [7, 11) is 0. The number of nitrogens with zero attached hydrogens (tertiary/aromatic N) is 1. The van der Waals surface area contributed by atoms with Crippen LogP contribution in [0.3, 0.4) is 0 Å². The quantitative estimate of drug-likeness (QED) is 0.821. The molecule has 1 heterocycles. The maximum absolute atomic E-state index is 14.3. The Hall–Kier alpha value is -1.47. The van der Waals surface area contributed by atoms with Crippen LogP contribution in [0.2, 0.25) is 5.02 Å². The summed E-state index contributed by atoms with van der Waals surface area (Å²) in [6, 6.07) is 3.51. The van der Waals surface area contributed by atoms with Crippen molar-refractivity contribution in [3.63, 3.8) is 0 Å². The van der Waals surface area contributed by atoms with Gasteiger partial charge in [-0.05, 0) is 43.9 Å². The molecule has 0 aromatic heterocycles. The van der Waals surface area contributed by atoms with E-state index in [0.29, 0.717) is 0 Å². The molecule has 0 radical (unpaired) electrons. The zero-order valence-electron chi connectivity index (χ0n) is 13.8. The Morgan fingerprint density at radius 1 is 1.40 bits per heavy atom. The molecule has 8 heteroatoms. The molecule has 0 spiro atoms. The molecule has 138 valence electrons. The SMILES string of the molecule is CCN1CC(OCC2CCC2)(C(F)(F)F)c2cc(Cl)ccc2NC1=O. The summed E-state index contributed by atoms with van der Waals surface area (Å²) < 4.78 is 48.4. The van der Waals surface area contributed by atoms with Crippen LogP contribution in [0.4, 0.5) is 23.7 Å².